The van der Waals surface area contributed by atoms with Crippen molar-refractivity contribution in [1.82, 2.24) is 5.43 Å². The van der Waals surface area contributed by atoms with E-state index in [1.807, 2.05) is 6.08 Å². The highest BCUT2D eigenvalue weighted by Crippen LogP contribution is 2.27. The summed E-state index contributed by atoms with van der Waals surface area (Å²) in [5.41, 5.74) is 3.70. The monoisotopic (exact) mass is 180 g/mol. The van der Waals surface area contributed by atoms with Crippen LogP contribution in [0.1, 0.15) is 6.42 Å². The second-order valence-electron chi connectivity index (χ2n) is 2.92. The minimum absolute atomic E-state index is 0.597. The van der Waals surface area contributed by atoms with Crippen LogP contribution in [0.25, 0.3) is 0 Å². The summed E-state index contributed by atoms with van der Waals surface area (Å²) in [5, 5.41) is 20.1. The number of nitrogens with zero attached hydrogens (tertiary/aromatic N) is 1. The zero-order valence-corrected chi connectivity index (χ0v) is 6.73. The molecule has 1 heterocycles. The van der Waals surface area contributed by atoms with Crippen LogP contribution in [0.2, 0.25) is 0 Å². The van der Waals surface area contributed by atoms with Crippen molar-refractivity contribution in [2.24, 2.45) is 0 Å². The smallest absolute Gasteiger partial charge is 0.544 e. The summed E-state index contributed by atoms with van der Waals surface area (Å²) in [6, 6.07) is 0. The summed E-state index contributed by atoms with van der Waals surface area (Å²) in [7, 11) is 0. The van der Waals surface area contributed by atoms with Crippen molar-refractivity contribution >= 4 is 6.09 Å². The fourth-order valence-electron chi connectivity index (χ4n) is 1.34. The lowest BCUT2D eigenvalue weighted by Gasteiger charge is -2.27. The van der Waals surface area contributed by atoms with Crippen molar-refractivity contribution in [2.45, 2.75) is 6.42 Å². The number of amides is 1. The first kappa shape index (κ1) is 8.03. The Morgan fingerprint density at radius 1 is 1.69 bits per heavy atom. The number of carbonyl (C=O) groups is 1. The molecule has 0 radical (unpaired) electrons. The zero-order chi connectivity index (χ0) is 9.47. The first-order valence-corrected chi connectivity index (χ1v) is 3.82. The second kappa shape index (κ2) is 2.45. The van der Waals surface area contributed by atoms with Gasteiger partial charge in [0, 0.05) is 5.57 Å². The van der Waals surface area contributed by atoms with Crippen LogP contribution in [-0.2, 0) is 0 Å². The van der Waals surface area contributed by atoms with Gasteiger partial charge in [0.2, 0.25) is 0 Å². The Bertz CT molecular complexity index is 356. The molecule has 1 amide bonds. The van der Waals surface area contributed by atoms with E-state index in [4.69, 9.17) is 5.11 Å². The molecular formula is C8H8N2O3. The van der Waals surface area contributed by atoms with Crippen LogP contribution in [0.15, 0.2) is 35.7 Å². The maximum atomic E-state index is 11.5. The molecule has 0 saturated heterocycles. The van der Waals surface area contributed by atoms with E-state index >= 15 is 0 Å². The number of rotatable bonds is 0. The van der Waals surface area contributed by atoms with Gasteiger partial charge in [-0.25, -0.2) is 5.43 Å². The van der Waals surface area contributed by atoms with Crippen LogP contribution in [0.4, 0.5) is 4.79 Å². The topological polar surface area (TPSA) is 72.4 Å². The molecule has 0 aromatic heterocycles. The van der Waals surface area contributed by atoms with Crippen molar-refractivity contribution in [1.29, 1.82) is 0 Å². The second-order valence-corrected chi connectivity index (χ2v) is 2.92. The first-order valence-electron chi connectivity index (χ1n) is 3.82. The molecule has 0 aromatic rings. The average molecular weight is 180 g/mol. The largest absolute Gasteiger partial charge is 0.591 e. The van der Waals surface area contributed by atoms with Crippen LogP contribution >= 0.6 is 0 Å². The van der Waals surface area contributed by atoms with Crippen molar-refractivity contribution < 1.29 is 14.7 Å². The van der Waals surface area contributed by atoms with Crippen molar-refractivity contribution in [2.75, 3.05) is 0 Å². The van der Waals surface area contributed by atoms with E-state index in [0.29, 0.717) is 12.1 Å². The quantitative estimate of drug-likeness (QED) is 0.434. The molecule has 5 nitrogen and oxygen atoms in total. The van der Waals surface area contributed by atoms with E-state index in [2.05, 4.69) is 5.43 Å². The van der Waals surface area contributed by atoms with E-state index < -0.39 is 10.8 Å². The van der Waals surface area contributed by atoms with E-state index in [0.717, 1.165) is 11.8 Å². The van der Waals surface area contributed by atoms with E-state index in [-0.39, 0.29) is 0 Å². The number of hydroxylamine groups is 2. The zero-order valence-electron chi connectivity index (χ0n) is 6.73. The molecule has 1 aliphatic heterocycles. The van der Waals surface area contributed by atoms with Gasteiger partial charge in [-0.1, -0.05) is 12.2 Å². The molecule has 0 bridgehead atoms. The Balaban J connectivity index is 2.36. The molecule has 0 fully saturated rings. The van der Waals surface area contributed by atoms with Crippen LogP contribution in [0.3, 0.4) is 0 Å². The highest BCUT2D eigenvalue weighted by atomic mass is 16.6. The van der Waals surface area contributed by atoms with Gasteiger partial charge in [-0.15, -0.1) is 4.76 Å². The number of fused-ring (bicyclic) bond motifs is 1. The molecule has 13 heavy (non-hydrogen) atoms. The summed E-state index contributed by atoms with van der Waals surface area (Å²) in [6.07, 6.45) is 5.66. The number of allylic oxidation sites excluding steroid dienone is 4. The standard InChI is InChI=1S/C8H8N2O3/c11-8(12)10(13)5-6-3-1-2-4-7(6)9-10/h1-2,4-5,9H,3H2,(H,11,12). The van der Waals surface area contributed by atoms with Gasteiger partial charge in [-0.2, -0.15) is 4.79 Å². The molecule has 0 aromatic carbocycles. The first-order chi connectivity index (χ1) is 6.12. The molecule has 0 saturated carbocycles. The minimum Gasteiger partial charge on any atom is -0.591 e. The van der Waals surface area contributed by atoms with Gasteiger partial charge in [0.1, 0.15) is 6.20 Å². The van der Waals surface area contributed by atoms with E-state index in [1.165, 1.54) is 0 Å². The van der Waals surface area contributed by atoms with Crippen LogP contribution in [0.5, 0.6) is 0 Å². The lowest BCUT2D eigenvalue weighted by atomic mass is 10.1. The Kier molecular flexibility index (Phi) is 1.51. The minimum atomic E-state index is -1.51. The molecule has 2 N–H and O–H groups in total. The summed E-state index contributed by atoms with van der Waals surface area (Å²) in [6.45, 7) is 0. The van der Waals surface area contributed by atoms with Crippen LogP contribution in [0, 0.1) is 5.21 Å². The van der Waals surface area contributed by atoms with Crippen molar-refractivity contribution in [3.63, 3.8) is 0 Å². The highest BCUT2D eigenvalue weighted by molar-refractivity contribution is 5.59. The summed E-state index contributed by atoms with van der Waals surface area (Å²) in [4.78, 5) is 10.6. The Morgan fingerprint density at radius 3 is 3.08 bits per heavy atom. The molecule has 1 aliphatic carbocycles. The Hall–Kier alpha value is -1.59. The molecule has 1 atom stereocenters. The number of carboxylic acid groups (broad SMARTS) is 1. The van der Waals surface area contributed by atoms with E-state index in [9.17, 15) is 10.0 Å². The van der Waals surface area contributed by atoms with Gasteiger partial charge >= 0.3 is 6.09 Å². The fraction of sp³-hybridized carbons (Fsp3) is 0.125. The van der Waals surface area contributed by atoms with E-state index in [1.54, 1.807) is 12.2 Å². The third-order valence-corrected chi connectivity index (χ3v) is 1.99. The van der Waals surface area contributed by atoms with Crippen molar-refractivity contribution in [3.8, 4) is 0 Å². The molecule has 1 unspecified atom stereocenters. The Labute approximate surface area is 74.4 Å². The Morgan fingerprint density at radius 2 is 2.46 bits per heavy atom. The van der Waals surface area contributed by atoms with Gasteiger partial charge < -0.3 is 10.3 Å². The third-order valence-electron chi connectivity index (χ3n) is 1.99. The number of hydrogen-bond acceptors (Lipinski definition) is 3. The maximum absolute atomic E-state index is 11.5. The summed E-state index contributed by atoms with van der Waals surface area (Å²) >= 11 is 0. The molecule has 2 aliphatic rings. The van der Waals surface area contributed by atoms with Gasteiger partial charge in [-0.05, 0) is 12.5 Å². The lowest BCUT2D eigenvalue weighted by Crippen LogP contribution is -2.48. The predicted molar refractivity (Wildman–Crippen MR) is 44.7 cm³/mol. The van der Waals surface area contributed by atoms with Gasteiger partial charge in [0.05, 0.1) is 5.70 Å². The van der Waals surface area contributed by atoms with Crippen molar-refractivity contribution in [3.05, 3.63) is 40.9 Å². The molecule has 68 valence electrons. The normalized spacial score (nSPS) is 30.2. The van der Waals surface area contributed by atoms with Gasteiger partial charge in [0.15, 0.2) is 0 Å². The predicted octanol–water partition coefficient (Wildman–Crippen LogP) is 1.22. The maximum Gasteiger partial charge on any atom is 0.544 e. The average Bonchev–Trinajstić information content (AvgIpc) is 2.42. The lowest BCUT2D eigenvalue weighted by molar-refractivity contribution is -0.790. The van der Waals surface area contributed by atoms with Crippen LogP contribution in [-0.4, -0.2) is 16.0 Å². The summed E-state index contributed by atoms with van der Waals surface area (Å²) in [5.74, 6) is 0. The highest BCUT2D eigenvalue weighted by Gasteiger charge is 2.35. The van der Waals surface area contributed by atoms with Gasteiger partial charge in [0.25, 0.3) is 0 Å². The third kappa shape index (κ3) is 1.14. The molecule has 2 rings (SSSR count). The fourth-order valence-corrected chi connectivity index (χ4v) is 1.34. The van der Waals surface area contributed by atoms with Gasteiger partial charge in [-0.3, -0.25) is 0 Å². The molecule has 0 spiro atoms. The molecular weight excluding hydrogens is 172 g/mol. The SMILES string of the molecule is O=C(O)[N+]1([O-])C=C2CC=CC=C2N1. The molecule has 5 heteroatoms. The number of quaternary nitrogens is 1. The summed E-state index contributed by atoms with van der Waals surface area (Å²) < 4.78 is -1.51. The van der Waals surface area contributed by atoms with Crippen LogP contribution < -0.4 is 5.43 Å². The number of nitrogens with one attached hydrogen (secondary N) is 1. The number of hydrogen-bond donors (Lipinski definition) is 2.